The molecule has 0 radical (unpaired) electrons. The lowest BCUT2D eigenvalue weighted by Crippen LogP contribution is -2.31. The maximum atomic E-state index is 12.0. The maximum absolute atomic E-state index is 12.0. The fourth-order valence-electron chi connectivity index (χ4n) is 2.35. The van der Waals surface area contributed by atoms with E-state index in [0.717, 1.165) is 22.4 Å². The van der Waals surface area contributed by atoms with E-state index in [9.17, 15) is 4.79 Å². The van der Waals surface area contributed by atoms with Crippen molar-refractivity contribution in [2.24, 2.45) is 0 Å². The third-order valence-electron chi connectivity index (χ3n) is 3.26. The van der Waals surface area contributed by atoms with Crippen molar-refractivity contribution in [3.05, 3.63) is 40.4 Å². The van der Waals surface area contributed by atoms with Gasteiger partial charge in [0.25, 0.3) is 0 Å². The molecule has 1 amide bonds. The molecule has 2 aromatic rings. The Kier molecular flexibility index (Phi) is 4.09. The van der Waals surface area contributed by atoms with Crippen LogP contribution < -0.4 is 4.90 Å². The van der Waals surface area contributed by atoms with Crippen LogP contribution in [0.2, 0.25) is 5.02 Å². The molecule has 5 nitrogen and oxygen atoms in total. The van der Waals surface area contributed by atoms with E-state index in [1.54, 1.807) is 22.1 Å². The van der Waals surface area contributed by atoms with E-state index in [2.05, 4.69) is 10.2 Å². The van der Waals surface area contributed by atoms with E-state index in [1.807, 2.05) is 26.8 Å². The van der Waals surface area contributed by atoms with Crippen LogP contribution >= 0.6 is 11.6 Å². The monoisotopic (exact) mass is 292 g/mol. The summed E-state index contributed by atoms with van der Waals surface area (Å²) in [5.74, 6) is -0.0511. The Morgan fingerprint density at radius 1 is 1.25 bits per heavy atom. The Balaban J connectivity index is 2.50. The first kappa shape index (κ1) is 14.5. The fraction of sp³-hybridized carbons (Fsp3) is 0.357. The summed E-state index contributed by atoms with van der Waals surface area (Å²) in [4.78, 5) is 13.7. The second-order valence-corrected chi connectivity index (χ2v) is 5.24. The molecule has 0 atom stereocenters. The van der Waals surface area contributed by atoms with Crippen molar-refractivity contribution < 1.29 is 4.79 Å². The molecule has 1 heterocycles. The predicted octanol–water partition coefficient (Wildman–Crippen LogP) is 2.87. The number of benzene rings is 1. The Bertz CT molecular complexity index is 637. The molecule has 0 N–H and O–H groups in total. The molecule has 0 saturated carbocycles. The van der Waals surface area contributed by atoms with Gasteiger partial charge in [-0.15, -0.1) is 10.2 Å². The predicted molar refractivity (Wildman–Crippen MR) is 78.8 cm³/mol. The number of rotatable bonds is 3. The summed E-state index contributed by atoms with van der Waals surface area (Å²) in [6.07, 6.45) is 3.16. The maximum Gasteiger partial charge on any atom is 0.225 e. The van der Waals surface area contributed by atoms with Crippen LogP contribution in [0, 0.1) is 20.8 Å². The van der Waals surface area contributed by atoms with E-state index in [1.165, 1.54) is 6.92 Å². The molecule has 0 spiro atoms. The molecule has 0 aliphatic carbocycles. The highest BCUT2D eigenvalue weighted by Gasteiger charge is 2.19. The van der Waals surface area contributed by atoms with Gasteiger partial charge in [-0.25, -0.2) is 0 Å². The number of anilines is 1. The van der Waals surface area contributed by atoms with Crippen LogP contribution in [0.5, 0.6) is 0 Å². The van der Waals surface area contributed by atoms with Crippen LogP contribution in [0.15, 0.2) is 18.7 Å². The van der Waals surface area contributed by atoms with Gasteiger partial charge in [0.15, 0.2) is 0 Å². The molecule has 0 aliphatic heterocycles. The second kappa shape index (κ2) is 5.63. The highest BCUT2D eigenvalue weighted by Crippen LogP contribution is 2.33. The molecule has 0 fully saturated rings. The number of carbonyl (C=O) groups is 1. The molecule has 1 aromatic carbocycles. The van der Waals surface area contributed by atoms with Crippen molar-refractivity contribution in [1.82, 2.24) is 14.8 Å². The number of carbonyl (C=O) groups excluding carboxylic acids is 1. The minimum absolute atomic E-state index is 0.0511. The Morgan fingerprint density at radius 3 is 2.40 bits per heavy atom. The molecular formula is C14H17ClN4O. The zero-order chi connectivity index (χ0) is 14.9. The van der Waals surface area contributed by atoms with Crippen LogP contribution in [-0.2, 0) is 11.5 Å². The molecule has 2 rings (SSSR count). The molecule has 106 valence electrons. The quantitative estimate of drug-likeness (QED) is 0.874. The fourth-order valence-corrected chi connectivity index (χ4v) is 2.50. The SMILES string of the molecule is CC(=O)N(Cn1cnnc1)c1c(C)cc(C)c(Cl)c1C. The van der Waals surface area contributed by atoms with E-state index in [0.29, 0.717) is 11.7 Å². The largest absolute Gasteiger partial charge is 0.301 e. The summed E-state index contributed by atoms with van der Waals surface area (Å²) in [5.41, 5.74) is 3.79. The molecule has 1 aromatic heterocycles. The van der Waals surface area contributed by atoms with E-state index in [4.69, 9.17) is 11.6 Å². The van der Waals surface area contributed by atoms with Gasteiger partial charge in [-0.1, -0.05) is 17.7 Å². The van der Waals surface area contributed by atoms with Gasteiger partial charge in [0.2, 0.25) is 5.91 Å². The van der Waals surface area contributed by atoms with Crippen LogP contribution in [0.3, 0.4) is 0 Å². The Morgan fingerprint density at radius 2 is 1.85 bits per heavy atom. The zero-order valence-corrected chi connectivity index (χ0v) is 12.8. The van der Waals surface area contributed by atoms with Crippen molar-refractivity contribution in [1.29, 1.82) is 0 Å². The van der Waals surface area contributed by atoms with E-state index in [-0.39, 0.29) is 5.91 Å². The normalized spacial score (nSPS) is 10.7. The number of halogens is 1. The average molecular weight is 293 g/mol. The average Bonchev–Trinajstić information content (AvgIpc) is 2.87. The number of nitrogens with zero attached hydrogens (tertiary/aromatic N) is 4. The van der Waals surface area contributed by atoms with Crippen LogP contribution in [0.1, 0.15) is 23.6 Å². The van der Waals surface area contributed by atoms with Gasteiger partial charge in [-0.2, -0.15) is 0 Å². The van der Waals surface area contributed by atoms with Gasteiger partial charge >= 0.3 is 0 Å². The van der Waals surface area contributed by atoms with Gasteiger partial charge < -0.3 is 4.57 Å². The van der Waals surface area contributed by atoms with E-state index >= 15 is 0 Å². The first-order valence-corrected chi connectivity index (χ1v) is 6.66. The Hall–Kier alpha value is -1.88. The third kappa shape index (κ3) is 2.67. The number of hydrogen-bond acceptors (Lipinski definition) is 3. The molecule has 20 heavy (non-hydrogen) atoms. The van der Waals surface area contributed by atoms with Crippen LogP contribution in [0.4, 0.5) is 5.69 Å². The molecule has 0 unspecified atom stereocenters. The van der Waals surface area contributed by atoms with Crippen molar-refractivity contribution in [3.63, 3.8) is 0 Å². The van der Waals surface area contributed by atoms with Crippen molar-refractivity contribution in [2.75, 3.05) is 4.90 Å². The second-order valence-electron chi connectivity index (χ2n) is 4.86. The number of aryl methyl sites for hydroxylation is 2. The van der Waals surface area contributed by atoms with Crippen molar-refractivity contribution in [3.8, 4) is 0 Å². The lowest BCUT2D eigenvalue weighted by Gasteiger charge is -2.26. The highest BCUT2D eigenvalue weighted by molar-refractivity contribution is 6.32. The third-order valence-corrected chi connectivity index (χ3v) is 3.84. The number of aromatic nitrogens is 3. The van der Waals surface area contributed by atoms with Gasteiger partial charge in [-0.05, 0) is 37.5 Å². The number of hydrogen-bond donors (Lipinski definition) is 0. The van der Waals surface area contributed by atoms with Gasteiger partial charge in [0, 0.05) is 11.9 Å². The minimum atomic E-state index is -0.0511. The van der Waals surface area contributed by atoms with Crippen LogP contribution in [-0.4, -0.2) is 20.7 Å². The summed E-state index contributed by atoms with van der Waals surface area (Å²) in [6, 6.07) is 1.99. The standard InChI is InChI=1S/C14H17ClN4O/c1-9-5-10(2)14(11(3)13(9)15)19(12(4)20)8-18-6-16-17-7-18/h5-7H,8H2,1-4H3. The molecule has 0 saturated heterocycles. The lowest BCUT2D eigenvalue weighted by atomic mass is 10.0. The van der Waals surface area contributed by atoms with E-state index < -0.39 is 0 Å². The topological polar surface area (TPSA) is 51.0 Å². The smallest absolute Gasteiger partial charge is 0.225 e. The van der Waals surface area contributed by atoms with Gasteiger partial charge in [0.1, 0.15) is 19.3 Å². The van der Waals surface area contributed by atoms with Gasteiger partial charge in [-0.3, -0.25) is 9.69 Å². The zero-order valence-electron chi connectivity index (χ0n) is 12.0. The number of amides is 1. The molecule has 6 heteroatoms. The van der Waals surface area contributed by atoms with Crippen molar-refractivity contribution >= 4 is 23.2 Å². The molecule has 0 bridgehead atoms. The Labute approximate surface area is 123 Å². The molecule has 0 aliphatic rings. The summed E-state index contributed by atoms with van der Waals surface area (Å²) < 4.78 is 1.74. The first-order chi connectivity index (χ1) is 9.41. The van der Waals surface area contributed by atoms with Gasteiger partial charge in [0.05, 0.1) is 5.69 Å². The molecular weight excluding hydrogens is 276 g/mol. The summed E-state index contributed by atoms with van der Waals surface area (Å²) in [6.45, 7) is 7.78. The summed E-state index contributed by atoms with van der Waals surface area (Å²) >= 11 is 6.32. The lowest BCUT2D eigenvalue weighted by molar-refractivity contribution is -0.116. The highest BCUT2D eigenvalue weighted by atomic mass is 35.5. The van der Waals surface area contributed by atoms with Crippen molar-refractivity contribution in [2.45, 2.75) is 34.4 Å². The first-order valence-electron chi connectivity index (χ1n) is 6.28. The summed E-state index contributed by atoms with van der Waals surface area (Å²) in [5, 5.41) is 8.20. The van der Waals surface area contributed by atoms with Crippen LogP contribution in [0.25, 0.3) is 0 Å². The minimum Gasteiger partial charge on any atom is -0.301 e. The summed E-state index contributed by atoms with van der Waals surface area (Å²) in [7, 11) is 0.